The van der Waals surface area contributed by atoms with Crippen LogP contribution in [0.25, 0.3) is 21.8 Å². The first kappa shape index (κ1) is 22.6. The fourth-order valence-electron chi connectivity index (χ4n) is 3.39. The Morgan fingerprint density at radius 2 is 1.09 bits per heavy atom. The zero-order valence-corrected chi connectivity index (χ0v) is 19.0. The molecule has 0 fully saturated rings. The molecule has 2 N–H and O–H groups in total. The van der Waals surface area contributed by atoms with Gasteiger partial charge in [0.05, 0.1) is 37.5 Å². The second-order valence-corrected chi connectivity index (χ2v) is 7.99. The molecule has 0 spiro atoms. The summed E-state index contributed by atoms with van der Waals surface area (Å²) in [5, 5.41) is 10.2. The molecule has 2 heterocycles. The minimum absolute atomic E-state index is 0.547. The predicted molar refractivity (Wildman–Crippen MR) is 132 cm³/mol. The van der Waals surface area contributed by atoms with Crippen LogP contribution in [0.15, 0.2) is 60.9 Å². The molecule has 0 amide bonds. The van der Waals surface area contributed by atoms with E-state index in [1.807, 2.05) is 48.5 Å². The van der Waals surface area contributed by atoms with E-state index in [0.717, 1.165) is 33.2 Å². The lowest BCUT2D eigenvalue weighted by Crippen LogP contribution is -2.15. The molecule has 8 heteroatoms. The van der Waals surface area contributed by atoms with Crippen molar-refractivity contribution in [2.24, 2.45) is 0 Å². The maximum atomic E-state index is 6.03. The second kappa shape index (κ2) is 11.3. The van der Waals surface area contributed by atoms with Crippen LogP contribution >= 0.6 is 23.2 Å². The Morgan fingerprint density at radius 1 is 0.625 bits per heavy atom. The minimum atomic E-state index is 0.547. The van der Waals surface area contributed by atoms with E-state index in [9.17, 15) is 0 Å². The second-order valence-electron chi connectivity index (χ2n) is 7.12. The van der Waals surface area contributed by atoms with Crippen molar-refractivity contribution in [3.63, 3.8) is 0 Å². The molecule has 2 aromatic carbocycles. The lowest BCUT2D eigenvalue weighted by atomic mass is 10.2. The average molecular weight is 471 g/mol. The number of hydrogen-bond acceptors (Lipinski definition) is 6. The molecule has 0 aliphatic rings. The molecule has 166 valence electrons. The van der Waals surface area contributed by atoms with Crippen molar-refractivity contribution in [1.82, 2.24) is 9.97 Å². The number of nitrogens with one attached hydrogen (secondary N) is 2. The molecule has 0 atom stereocenters. The Bertz CT molecular complexity index is 1100. The highest BCUT2D eigenvalue weighted by atomic mass is 35.5. The molecule has 4 aromatic rings. The van der Waals surface area contributed by atoms with E-state index in [4.69, 9.17) is 32.7 Å². The zero-order valence-electron chi connectivity index (χ0n) is 17.5. The summed E-state index contributed by atoms with van der Waals surface area (Å²) in [5.41, 5.74) is 3.77. The molecule has 0 bridgehead atoms. The SMILES string of the molecule is Clc1ccc2c(NCCOCCOCCNc3ccnc4cc(Cl)ccc34)ccnc2c1. The van der Waals surface area contributed by atoms with Gasteiger partial charge in [0, 0.05) is 57.7 Å². The largest absolute Gasteiger partial charge is 0.382 e. The van der Waals surface area contributed by atoms with Gasteiger partial charge in [-0.1, -0.05) is 23.2 Å². The van der Waals surface area contributed by atoms with Gasteiger partial charge in [0.25, 0.3) is 0 Å². The highest BCUT2D eigenvalue weighted by Crippen LogP contribution is 2.25. The first-order chi connectivity index (χ1) is 15.7. The maximum Gasteiger partial charge on any atom is 0.0737 e. The number of nitrogens with zero attached hydrogens (tertiary/aromatic N) is 2. The molecule has 4 rings (SSSR count). The number of pyridine rings is 2. The van der Waals surface area contributed by atoms with Gasteiger partial charge < -0.3 is 20.1 Å². The maximum absolute atomic E-state index is 6.03. The van der Waals surface area contributed by atoms with Crippen LogP contribution in [0.2, 0.25) is 10.0 Å². The van der Waals surface area contributed by atoms with Gasteiger partial charge in [-0.25, -0.2) is 0 Å². The smallest absolute Gasteiger partial charge is 0.0737 e. The van der Waals surface area contributed by atoms with Gasteiger partial charge in [0.2, 0.25) is 0 Å². The summed E-state index contributed by atoms with van der Waals surface area (Å²) >= 11 is 12.1. The molecule has 2 aromatic heterocycles. The van der Waals surface area contributed by atoms with Gasteiger partial charge in [-0.2, -0.15) is 0 Å². The van der Waals surface area contributed by atoms with E-state index in [0.29, 0.717) is 49.6 Å². The summed E-state index contributed by atoms with van der Waals surface area (Å²) in [6, 6.07) is 15.3. The fraction of sp³-hybridized carbons (Fsp3) is 0.250. The quantitative estimate of drug-likeness (QED) is 0.276. The number of halogens is 2. The monoisotopic (exact) mass is 470 g/mol. The molecule has 0 saturated heterocycles. The highest BCUT2D eigenvalue weighted by Gasteiger charge is 2.03. The van der Waals surface area contributed by atoms with Crippen molar-refractivity contribution in [1.29, 1.82) is 0 Å². The van der Waals surface area contributed by atoms with Gasteiger partial charge >= 0.3 is 0 Å². The van der Waals surface area contributed by atoms with E-state index in [-0.39, 0.29) is 0 Å². The predicted octanol–water partition coefficient (Wildman–Crippen LogP) is 5.65. The number of benzene rings is 2. The average Bonchev–Trinajstić information content (AvgIpc) is 2.80. The van der Waals surface area contributed by atoms with Crippen LogP contribution in [0.1, 0.15) is 0 Å². The molecular formula is C24H24Cl2N4O2. The molecule has 0 saturated carbocycles. The lowest BCUT2D eigenvalue weighted by molar-refractivity contribution is 0.0557. The lowest BCUT2D eigenvalue weighted by Gasteiger charge is -2.11. The number of ether oxygens (including phenoxy) is 2. The van der Waals surface area contributed by atoms with Gasteiger partial charge in [-0.05, 0) is 48.5 Å². The summed E-state index contributed by atoms with van der Waals surface area (Å²) in [7, 11) is 0. The Morgan fingerprint density at radius 3 is 1.56 bits per heavy atom. The first-order valence-electron chi connectivity index (χ1n) is 10.4. The molecule has 0 unspecified atom stereocenters. The minimum Gasteiger partial charge on any atom is -0.382 e. The topological polar surface area (TPSA) is 68.3 Å². The zero-order chi connectivity index (χ0) is 22.2. The van der Waals surface area contributed by atoms with Crippen LogP contribution in [0.5, 0.6) is 0 Å². The van der Waals surface area contributed by atoms with Crippen LogP contribution in [0.3, 0.4) is 0 Å². The molecule has 0 radical (unpaired) electrons. The van der Waals surface area contributed by atoms with E-state index in [2.05, 4.69) is 20.6 Å². The van der Waals surface area contributed by atoms with E-state index in [1.165, 1.54) is 0 Å². The van der Waals surface area contributed by atoms with Crippen LogP contribution in [-0.2, 0) is 9.47 Å². The summed E-state index contributed by atoms with van der Waals surface area (Å²) < 4.78 is 11.3. The molecule has 0 aliphatic carbocycles. The third-order valence-electron chi connectivity index (χ3n) is 4.91. The first-order valence-corrected chi connectivity index (χ1v) is 11.2. The number of hydrogen-bond donors (Lipinski definition) is 2. The van der Waals surface area contributed by atoms with Crippen molar-refractivity contribution in [2.75, 3.05) is 50.2 Å². The number of aromatic nitrogens is 2. The standard InChI is InChI=1S/C24H24Cl2N4O2/c25-17-1-3-19-21(5-7-27-23(19)15-17)29-9-11-31-13-14-32-12-10-30-22-6-8-28-24-16-18(26)2-4-20(22)24/h1-8,15-16H,9-14H2,(H,27,29)(H,28,30). The summed E-state index contributed by atoms with van der Waals surface area (Å²) in [4.78, 5) is 8.70. The molecule has 32 heavy (non-hydrogen) atoms. The fourth-order valence-corrected chi connectivity index (χ4v) is 3.72. The normalized spacial score (nSPS) is 11.2. The van der Waals surface area contributed by atoms with Crippen LogP contribution < -0.4 is 10.6 Å². The number of fused-ring (bicyclic) bond motifs is 2. The van der Waals surface area contributed by atoms with Crippen LogP contribution in [-0.4, -0.2) is 49.5 Å². The Balaban J connectivity index is 1.10. The van der Waals surface area contributed by atoms with Crippen molar-refractivity contribution < 1.29 is 9.47 Å². The van der Waals surface area contributed by atoms with Crippen LogP contribution in [0, 0.1) is 0 Å². The third kappa shape index (κ3) is 5.99. The number of anilines is 2. The molecular weight excluding hydrogens is 447 g/mol. The third-order valence-corrected chi connectivity index (χ3v) is 5.38. The van der Waals surface area contributed by atoms with E-state index >= 15 is 0 Å². The molecule has 0 aliphatic heterocycles. The summed E-state index contributed by atoms with van der Waals surface area (Å²) in [5.74, 6) is 0. The molecule has 6 nitrogen and oxygen atoms in total. The van der Waals surface area contributed by atoms with Crippen molar-refractivity contribution in [2.45, 2.75) is 0 Å². The van der Waals surface area contributed by atoms with Crippen molar-refractivity contribution in [3.05, 3.63) is 71.0 Å². The Labute approximate surface area is 196 Å². The van der Waals surface area contributed by atoms with E-state index < -0.39 is 0 Å². The van der Waals surface area contributed by atoms with Gasteiger partial charge in [0.15, 0.2) is 0 Å². The van der Waals surface area contributed by atoms with E-state index in [1.54, 1.807) is 12.4 Å². The number of rotatable bonds is 11. The van der Waals surface area contributed by atoms with Gasteiger partial charge in [-0.3, -0.25) is 9.97 Å². The van der Waals surface area contributed by atoms with Crippen LogP contribution in [0.4, 0.5) is 11.4 Å². The summed E-state index contributed by atoms with van der Waals surface area (Å²) in [6.07, 6.45) is 3.54. The highest BCUT2D eigenvalue weighted by molar-refractivity contribution is 6.31. The Hall–Kier alpha value is -2.64. The summed E-state index contributed by atoms with van der Waals surface area (Å²) in [6.45, 7) is 3.66. The van der Waals surface area contributed by atoms with Crippen molar-refractivity contribution in [3.8, 4) is 0 Å². The Kier molecular flexibility index (Phi) is 7.96. The van der Waals surface area contributed by atoms with Gasteiger partial charge in [-0.15, -0.1) is 0 Å². The van der Waals surface area contributed by atoms with Gasteiger partial charge in [0.1, 0.15) is 0 Å². The van der Waals surface area contributed by atoms with Crippen molar-refractivity contribution >= 4 is 56.4 Å².